The Morgan fingerprint density at radius 1 is 1.08 bits per heavy atom. The summed E-state index contributed by atoms with van der Waals surface area (Å²) in [5.41, 5.74) is 1.48. The highest BCUT2D eigenvalue weighted by Gasteiger charge is 2.12. The number of hydrogen-bond acceptors (Lipinski definition) is 5. The maximum Gasteiger partial charge on any atom is 0.310 e. The van der Waals surface area contributed by atoms with Crippen LogP contribution in [0.25, 0.3) is 0 Å². The molecule has 26 heavy (non-hydrogen) atoms. The number of amides is 1. The molecule has 7 heteroatoms. The predicted molar refractivity (Wildman–Crippen MR) is 97.5 cm³/mol. The van der Waals surface area contributed by atoms with Crippen LogP contribution in [0.2, 0.25) is 5.02 Å². The zero-order valence-electron chi connectivity index (χ0n) is 14.6. The zero-order chi connectivity index (χ0) is 18.9. The van der Waals surface area contributed by atoms with E-state index in [0.29, 0.717) is 28.6 Å². The van der Waals surface area contributed by atoms with Crippen molar-refractivity contribution in [3.8, 4) is 11.5 Å². The number of ether oxygens (including phenoxy) is 3. The van der Waals surface area contributed by atoms with Gasteiger partial charge < -0.3 is 19.5 Å². The minimum Gasteiger partial charge on any atom is -0.497 e. The second kappa shape index (κ2) is 9.68. The van der Waals surface area contributed by atoms with Gasteiger partial charge in [-0.2, -0.15) is 0 Å². The Bertz CT molecular complexity index is 778. The van der Waals surface area contributed by atoms with Crippen molar-refractivity contribution in [2.45, 2.75) is 13.0 Å². The fourth-order valence-corrected chi connectivity index (χ4v) is 2.47. The van der Waals surface area contributed by atoms with E-state index in [1.807, 2.05) is 24.3 Å². The number of halogens is 1. The molecule has 0 spiro atoms. The van der Waals surface area contributed by atoms with Crippen molar-refractivity contribution in [2.24, 2.45) is 0 Å². The van der Waals surface area contributed by atoms with Gasteiger partial charge in [0.25, 0.3) is 5.91 Å². The molecule has 138 valence electrons. The van der Waals surface area contributed by atoms with Crippen LogP contribution in [0, 0.1) is 0 Å². The van der Waals surface area contributed by atoms with Gasteiger partial charge >= 0.3 is 5.97 Å². The normalized spacial score (nSPS) is 10.1. The van der Waals surface area contributed by atoms with Gasteiger partial charge in [-0.25, -0.2) is 0 Å². The highest BCUT2D eigenvalue weighted by molar-refractivity contribution is 6.30. The molecule has 2 aromatic rings. The number of methoxy groups -OCH3 is 2. The second-order valence-corrected chi connectivity index (χ2v) is 5.86. The third-order valence-electron chi connectivity index (χ3n) is 3.57. The number of rotatable bonds is 8. The van der Waals surface area contributed by atoms with Gasteiger partial charge in [0.2, 0.25) is 0 Å². The van der Waals surface area contributed by atoms with Crippen molar-refractivity contribution in [1.82, 2.24) is 5.32 Å². The molecule has 2 rings (SSSR count). The van der Waals surface area contributed by atoms with Crippen molar-refractivity contribution in [3.05, 3.63) is 58.6 Å². The summed E-state index contributed by atoms with van der Waals surface area (Å²) in [5.74, 6) is 0.314. The van der Waals surface area contributed by atoms with E-state index in [9.17, 15) is 9.59 Å². The molecule has 0 aromatic heterocycles. The molecule has 2 aromatic carbocycles. The summed E-state index contributed by atoms with van der Waals surface area (Å²) in [4.78, 5) is 23.8. The SMILES string of the molecule is COc1cccc(CNC(=O)COC(=O)Cc2cc(Cl)ccc2OC)c1. The lowest BCUT2D eigenvalue weighted by Crippen LogP contribution is -2.28. The maximum atomic E-state index is 11.9. The van der Waals surface area contributed by atoms with Crippen molar-refractivity contribution in [3.63, 3.8) is 0 Å². The second-order valence-electron chi connectivity index (χ2n) is 5.42. The van der Waals surface area contributed by atoms with Gasteiger partial charge in [0.05, 0.1) is 20.6 Å². The highest BCUT2D eigenvalue weighted by atomic mass is 35.5. The Balaban J connectivity index is 1.79. The molecule has 1 N–H and O–H groups in total. The quantitative estimate of drug-likeness (QED) is 0.716. The van der Waals surface area contributed by atoms with E-state index in [1.165, 1.54) is 7.11 Å². The zero-order valence-corrected chi connectivity index (χ0v) is 15.3. The van der Waals surface area contributed by atoms with Gasteiger partial charge in [0.15, 0.2) is 6.61 Å². The molecule has 0 bridgehead atoms. The van der Waals surface area contributed by atoms with E-state index in [4.69, 9.17) is 25.8 Å². The fraction of sp³-hybridized carbons (Fsp3) is 0.263. The van der Waals surface area contributed by atoms with Gasteiger partial charge in [-0.1, -0.05) is 23.7 Å². The molecule has 0 heterocycles. The van der Waals surface area contributed by atoms with E-state index in [2.05, 4.69) is 5.32 Å². The van der Waals surface area contributed by atoms with Gasteiger partial charge in [-0.3, -0.25) is 9.59 Å². The Kier molecular flexibility index (Phi) is 7.29. The van der Waals surface area contributed by atoms with Crippen LogP contribution in [0.1, 0.15) is 11.1 Å². The largest absolute Gasteiger partial charge is 0.497 e. The molecule has 0 saturated heterocycles. The minimum atomic E-state index is -0.540. The van der Waals surface area contributed by atoms with Crippen molar-refractivity contribution >= 4 is 23.5 Å². The van der Waals surface area contributed by atoms with Crippen molar-refractivity contribution in [2.75, 3.05) is 20.8 Å². The molecule has 0 atom stereocenters. The number of nitrogens with one attached hydrogen (secondary N) is 1. The first-order chi connectivity index (χ1) is 12.5. The van der Waals surface area contributed by atoms with Crippen molar-refractivity contribution in [1.29, 1.82) is 0 Å². The van der Waals surface area contributed by atoms with E-state index >= 15 is 0 Å². The van der Waals surface area contributed by atoms with Gasteiger partial charge in [-0.05, 0) is 35.9 Å². The topological polar surface area (TPSA) is 73.9 Å². The lowest BCUT2D eigenvalue weighted by molar-refractivity contribution is -0.147. The summed E-state index contributed by atoms with van der Waals surface area (Å²) in [7, 11) is 3.08. The first kappa shape index (κ1) is 19.6. The summed E-state index contributed by atoms with van der Waals surface area (Å²) in [5, 5.41) is 3.17. The average molecular weight is 378 g/mol. The molecule has 0 saturated carbocycles. The van der Waals surface area contributed by atoms with Gasteiger partial charge in [0.1, 0.15) is 11.5 Å². The first-order valence-electron chi connectivity index (χ1n) is 7.89. The summed E-state index contributed by atoms with van der Waals surface area (Å²) < 4.78 is 15.3. The first-order valence-corrected chi connectivity index (χ1v) is 8.27. The molecule has 0 aliphatic rings. The summed E-state index contributed by atoms with van der Waals surface area (Å²) in [6.45, 7) is -0.0403. The highest BCUT2D eigenvalue weighted by Crippen LogP contribution is 2.23. The lowest BCUT2D eigenvalue weighted by Gasteiger charge is -2.10. The maximum absolute atomic E-state index is 11.9. The van der Waals surface area contributed by atoms with Crippen LogP contribution in [0.5, 0.6) is 11.5 Å². The number of carbonyl (C=O) groups is 2. The molecule has 0 aliphatic carbocycles. The molecule has 0 aliphatic heterocycles. The third-order valence-corrected chi connectivity index (χ3v) is 3.80. The molecular formula is C19H20ClNO5. The summed E-state index contributed by atoms with van der Waals surface area (Å²) >= 11 is 5.93. The third kappa shape index (κ3) is 5.97. The smallest absolute Gasteiger partial charge is 0.310 e. The van der Waals surface area contributed by atoms with Crippen LogP contribution in [0.3, 0.4) is 0 Å². The van der Waals surface area contributed by atoms with Crippen molar-refractivity contribution < 1.29 is 23.8 Å². The Morgan fingerprint density at radius 3 is 2.62 bits per heavy atom. The number of esters is 1. The number of benzene rings is 2. The minimum absolute atomic E-state index is 0.0348. The fourth-order valence-electron chi connectivity index (χ4n) is 2.27. The van der Waals surface area contributed by atoms with Crippen LogP contribution in [0.4, 0.5) is 0 Å². The van der Waals surface area contributed by atoms with Crippen LogP contribution in [0.15, 0.2) is 42.5 Å². The standard InChI is InChI=1S/C19H20ClNO5/c1-24-16-5-3-4-13(8-16)11-21-18(22)12-26-19(23)10-14-9-15(20)6-7-17(14)25-2/h3-9H,10-12H2,1-2H3,(H,21,22). The van der Waals surface area contributed by atoms with Crippen LogP contribution in [-0.2, 0) is 27.3 Å². The lowest BCUT2D eigenvalue weighted by atomic mass is 10.1. The number of hydrogen-bond donors (Lipinski definition) is 1. The van der Waals surface area contributed by atoms with Crippen LogP contribution < -0.4 is 14.8 Å². The van der Waals surface area contributed by atoms with E-state index in [0.717, 1.165) is 5.56 Å². The Labute approximate surface area is 157 Å². The van der Waals surface area contributed by atoms with Gasteiger partial charge in [0, 0.05) is 17.1 Å². The predicted octanol–water partition coefficient (Wildman–Crippen LogP) is 2.76. The Hall–Kier alpha value is -2.73. The van der Waals surface area contributed by atoms with Gasteiger partial charge in [-0.15, -0.1) is 0 Å². The summed E-state index contributed by atoms with van der Waals surface area (Å²) in [6.07, 6.45) is -0.0348. The molecular weight excluding hydrogens is 358 g/mol. The van der Waals surface area contributed by atoms with E-state index in [-0.39, 0.29) is 18.9 Å². The van der Waals surface area contributed by atoms with Crippen LogP contribution in [-0.4, -0.2) is 32.7 Å². The average Bonchev–Trinajstić information content (AvgIpc) is 2.65. The molecule has 6 nitrogen and oxygen atoms in total. The molecule has 1 amide bonds. The van der Waals surface area contributed by atoms with E-state index < -0.39 is 5.97 Å². The monoisotopic (exact) mass is 377 g/mol. The molecule has 0 fully saturated rings. The molecule has 0 unspecified atom stereocenters. The molecule has 0 radical (unpaired) electrons. The summed E-state index contributed by atoms with van der Waals surface area (Å²) in [6, 6.07) is 12.3. The van der Waals surface area contributed by atoms with E-state index in [1.54, 1.807) is 25.3 Å². The number of carbonyl (C=O) groups excluding carboxylic acids is 2. The van der Waals surface area contributed by atoms with Crippen LogP contribution >= 0.6 is 11.6 Å². The Morgan fingerprint density at radius 2 is 1.88 bits per heavy atom.